The molecule has 1 aromatic carbocycles. The van der Waals surface area contributed by atoms with Gasteiger partial charge >= 0.3 is 6.18 Å². The lowest BCUT2D eigenvalue weighted by Crippen LogP contribution is -2.35. The molecule has 0 saturated heterocycles. The number of amides is 1. The maximum Gasteiger partial charge on any atom is 0.416 e. The molecule has 7 heteroatoms. The first-order valence-corrected chi connectivity index (χ1v) is 6.93. The summed E-state index contributed by atoms with van der Waals surface area (Å²) in [6.07, 6.45) is -5.09. The van der Waals surface area contributed by atoms with Gasteiger partial charge in [0.1, 0.15) is 18.5 Å². The second kappa shape index (κ2) is 8.03. The van der Waals surface area contributed by atoms with Crippen LogP contribution in [0.3, 0.4) is 0 Å². The lowest BCUT2D eigenvalue weighted by atomic mass is 10.1. The summed E-state index contributed by atoms with van der Waals surface area (Å²) in [5, 5.41) is 12.2. The van der Waals surface area contributed by atoms with Gasteiger partial charge in [-0.15, -0.1) is 0 Å². The number of hydrogen-bond acceptors (Lipinski definition) is 3. The van der Waals surface area contributed by atoms with E-state index in [0.29, 0.717) is 6.42 Å². The summed E-state index contributed by atoms with van der Waals surface area (Å²) in [6.45, 7) is 3.58. The third-order valence-corrected chi connectivity index (χ3v) is 2.73. The van der Waals surface area contributed by atoms with E-state index in [1.165, 1.54) is 12.1 Å². The zero-order valence-electron chi connectivity index (χ0n) is 12.5. The average Bonchev–Trinajstić information content (AvgIpc) is 2.41. The Morgan fingerprint density at radius 2 is 2.05 bits per heavy atom. The van der Waals surface area contributed by atoms with Crippen LogP contribution in [0.4, 0.5) is 13.2 Å². The van der Waals surface area contributed by atoms with E-state index in [0.717, 1.165) is 12.1 Å². The smallest absolute Gasteiger partial charge is 0.416 e. The summed E-state index contributed by atoms with van der Waals surface area (Å²) in [5.41, 5.74) is -0.815. The standard InChI is InChI=1S/C15H20F3NO3/c1-10(2)6-14(21)19-8-12(20)9-22-13-5-3-4-11(7-13)15(16,17)18/h3-5,7,10,12,20H,6,8-9H2,1-2H3,(H,19,21). The monoisotopic (exact) mass is 319 g/mol. The topological polar surface area (TPSA) is 58.6 Å². The molecule has 4 nitrogen and oxygen atoms in total. The largest absolute Gasteiger partial charge is 0.491 e. The van der Waals surface area contributed by atoms with E-state index in [-0.39, 0.29) is 30.7 Å². The van der Waals surface area contributed by atoms with E-state index in [2.05, 4.69) is 5.32 Å². The molecule has 0 aliphatic carbocycles. The Hall–Kier alpha value is -1.76. The van der Waals surface area contributed by atoms with Crippen LogP contribution in [0.1, 0.15) is 25.8 Å². The van der Waals surface area contributed by atoms with Crippen LogP contribution < -0.4 is 10.1 Å². The van der Waals surface area contributed by atoms with Gasteiger partial charge in [0.2, 0.25) is 5.91 Å². The SMILES string of the molecule is CC(C)CC(=O)NCC(O)COc1cccc(C(F)(F)F)c1. The van der Waals surface area contributed by atoms with E-state index in [4.69, 9.17) is 4.74 Å². The summed E-state index contributed by atoms with van der Waals surface area (Å²) in [5.74, 6) is 0.0361. The number of rotatable bonds is 7. The molecular formula is C15H20F3NO3. The van der Waals surface area contributed by atoms with Crippen molar-refractivity contribution in [2.45, 2.75) is 32.5 Å². The molecule has 0 aromatic heterocycles. The van der Waals surface area contributed by atoms with Crippen molar-refractivity contribution in [1.29, 1.82) is 0 Å². The first-order valence-electron chi connectivity index (χ1n) is 6.93. The molecule has 0 bridgehead atoms. The van der Waals surface area contributed by atoms with Gasteiger partial charge < -0.3 is 15.2 Å². The highest BCUT2D eigenvalue weighted by molar-refractivity contribution is 5.76. The number of halogens is 3. The Morgan fingerprint density at radius 3 is 2.64 bits per heavy atom. The maximum absolute atomic E-state index is 12.5. The van der Waals surface area contributed by atoms with E-state index >= 15 is 0 Å². The van der Waals surface area contributed by atoms with Gasteiger partial charge in [-0.1, -0.05) is 19.9 Å². The van der Waals surface area contributed by atoms with Crippen LogP contribution in [0.5, 0.6) is 5.75 Å². The van der Waals surface area contributed by atoms with Crippen molar-refractivity contribution in [2.24, 2.45) is 5.92 Å². The van der Waals surface area contributed by atoms with Crippen molar-refractivity contribution >= 4 is 5.91 Å². The summed E-state index contributed by atoms with van der Waals surface area (Å²) >= 11 is 0. The fourth-order valence-electron chi connectivity index (χ4n) is 1.69. The second-order valence-electron chi connectivity index (χ2n) is 5.39. The highest BCUT2D eigenvalue weighted by Gasteiger charge is 2.30. The molecule has 1 unspecified atom stereocenters. The molecule has 0 saturated carbocycles. The van der Waals surface area contributed by atoms with Crippen molar-refractivity contribution in [2.75, 3.05) is 13.2 Å². The second-order valence-corrected chi connectivity index (χ2v) is 5.39. The molecule has 0 aliphatic heterocycles. The van der Waals surface area contributed by atoms with Crippen molar-refractivity contribution in [3.63, 3.8) is 0 Å². The number of aliphatic hydroxyl groups is 1. The fraction of sp³-hybridized carbons (Fsp3) is 0.533. The summed E-state index contributed by atoms with van der Waals surface area (Å²) < 4.78 is 42.7. The number of alkyl halides is 3. The van der Waals surface area contributed by atoms with Crippen LogP contribution in [0, 0.1) is 5.92 Å². The lowest BCUT2D eigenvalue weighted by molar-refractivity contribution is -0.137. The molecule has 1 atom stereocenters. The zero-order chi connectivity index (χ0) is 16.8. The summed E-state index contributed by atoms with van der Waals surface area (Å²) in [7, 11) is 0. The van der Waals surface area contributed by atoms with Gasteiger partial charge in [0.05, 0.1) is 5.56 Å². The Bertz CT molecular complexity index is 489. The van der Waals surface area contributed by atoms with Gasteiger partial charge in [-0.05, 0) is 24.1 Å². The average molecular weight is 319 g/mol. The predicted octanol–water partition coefficient (Wildman–Crippen LogP) is 2.61. The first kappa shape index (κ1) is 18.3. The van der Waals surface area contributed by atoms with Crippen LogP contribution in [-0.4, -0.2) is 30.3 Å². The van der Waals surface area contributed by atoms with E-state index in [1.54, 1.807) is 0 Å². The Kier molecular flexibility index (Phi) is 6.67. The van der Waals surface area contributed by atoms with Gasteiger partial charge in [-0.3, -0.25) is 4.79 Å². The molecule has 0 heterocycles. The molecule has 0 radical (unpaired) electrons. The van der Waals surface area contributed by atoms with Gasteiger partial charge in [0.25, 0.3) is 0 Å². The molecule has 1 aromatic rings. The highest BCUT2D eigenvalue weighted by Crippen LogP contribution is 2.31. The van der Waals surface area contributed by atoms with Gasteiger partial charge in [0.15, 0.2) is 0 Å². The maximum atomic E-state index is 12.5. The molecule has 1 amide bonds. The number of aliphatic hydroxyl groups excluding tert-OH is 1. The fourth-order valence-corrected chi connectivity index (χ4v) is 1.69. The Balaban J connectivity index is 2.41. The van der Waals surface area contributed by atoms with Gasteiger partial charge in [0, 0.05) is 13.0 Å². The summed E-state index contributed by atoms with van der Waals surface area (Å²) in [4.78, 5) is 11.4. The van der Waals surface area contributed by atoms with Gasteiger partial charge in [-0.25, -0.2) is 0 Å². The quantitative estimate of drug-likeness (QED) is 0.812. The highest BCUT2D eigenvalue weighted by atomic mass is 19.4. The minimum Gasteiger partial charge on any atom is -0.491 e. The molecule has 0 spiro atoms. The van der Waals surface area contributed by atoms with E-state index < -0.39 is 17.8 Å². The van der Waals surface area contributed by atoms with Crippen LogP contribution in [0.25, 0.3) is 0 Å². The molecular weight excluding hydrogens is 299 g/mol. The van der Waals surface area contributed by atoms with E-state index in [1.807, 2.05) is 13.8 Å². The third-order valence-electron chi connectivity index (χ3n) is 2.73. The number of benzene rings is 1. The number of carbonyl (C=O) groups excluding carboxylic acids is 1. The minimum absolute atomic E-state index is 0.00941. The number of ether oxygens (including phenoxy) is 1. The first-order chi connectivity index (χ1) is 10.2. The Morgan fingerprint density at radius 1 is 1.36 bits per heavy atom. The van der Waals surface area contributed by atoms with Crippen molar-refractivity contribution in [3.05, 3.63) is 29.8 Å². The van der Waals surface area contributed by atoms with Crippen LogP contribution >= 0.6 is 0 Å². The van der Waals surface area contributed by atoms with Crippen LogP contribution in [0.15, 0.2) is 24.3 Å². The van der Waals surface area contributed by atoms with Crippen molar-refractivity contribution < 1.29 is 27.8 Å². The minimum atomic E-state index is -4.44. The number of carbonyl (C=O) groups is 1. The zero-order valence-corrected chi connectivity index (χ0v) is 12.5. The van der Waals surface area contributed by atoms with Crippen molar-refractivity contribution in [3.8, 4) is 5.75 Å². The summed E-state index contributed by atoms with van der Waals surface area (Å²) in [6, 6.07) is 4.41. The van der Waals surface area contributed by atoms with Crippen molar-refractivity contribution in [1.82, 2.24) is 5.32 Å². The lowest BCUT2D eigenvalue weighted by Gasteiger charge is -2.15. The number of hydrogen-bond donors (Lipinski definition) is 2. The molecule has 0 aliphatic rings. The molecule has 1 rings (SSSR count). The predicted molar refractivity (Wildman–Crippen MR) is 75.4 cm³/mol. The van der Waals surface area contributed by atoms with Crippen LogP contribution in [-0.2, 0) is 11.0 Å². The van der Waals surface area contributed by atoms with Crippen LogP contribution in [0.2, 0.25) is 0 Å². The normalized spacial score (nSPS) is 13.0. The van der Waals surface area contributed by atoms with Gasteiger partial charge in [-0.2, -0.15) is 13.2 Å². The Labute approximate surface area is 127 Å². The van der Waals surface area contributed by atoms with E-state index in [9.17, 15) is 23.1 Å². The number of nitrogens with one attached hydrogen (secondary N) is 1. The molecule has 124 valence electrons. The third kappa shape index (κ3) is 6.80. The molecule has 22 heavy (non-hydrogen) atoms. The molecule has 2 N–H and O–H groups in total. The molecule has 0 fully saturated rings.